The molecular weight excluding hydrogens is 246 g/mol. The van der Waals surface area contributed by atoms with Crippen LogP contribution in [0.25, 0.3) is 0 Å². The second-order valence-electron chi connectivity index (χ2n) is 3.99. The fourth-order valence-corrected chi connectivity index (χ4v) is 1.59. The molecule has 0 saturated carbocycles. The molecule has 1 fully saturated rings. The molecule has 1 aliphatic rings. The van der Waals surface area contributed by atoms with Crippen molar-refractivity contribution in [3.05, 3.63) is 29.8 Å². The Morgan fingerprint density at radius 3 is 2.56 bits per heavy atom. The third-order valence-corrected chi connectivity index (χ3v) is 2.69. The standard InChI is InChI=1S/C11H10F2N2O3/c12-7-1-2-9(8(13)3-7)14-11(18)15-4-6(5-15)10(16)17/h1-3,6H,4-5H2,(H,14,18)(H,16,17). The van der Waals surface area contributed by atoms with E-state index in [9.17, 15) is 18.4 Å². The van der Waals surface area contributed by atoms with Crippen molar-refractivity contribution in [1.82, 2.24) is 4.90 Å². The van der Waals surface area contributed by atoms with E-state index in [4.69, 9.17) is 5.11 Å². The minimum Gasteiger partial charge on any atom is -0.481 e. The Kier molecular flexibility index (Phi) is 3.14. The summed E-state index contributed by atoms with van der Waals surface area (Å²) in [6.07, 6.45) is 0. The fraction of sp³-hybridized carbons (Fsp3) is 0.273. The first-order valence-electron chi connectivity index (χ1n) is 5.21. The molecule has 0 atom stereocenters. The number of benzene rings is 1. The van der Waals surface area contributed by atoms with Crippen molar-refractivity contribution in [2.45, 2.75) is 0 Å². The Labute approximate surface area is 101 Å². The van der Waals surface area contributed by atoms with Gasteiger partial charge in [-0.3, -0.25) is 4.79 Å². The molecule has 0 unspecified atom stereocenters. The topological polar surface area (TPSA) is 69.6 Å². The lowest BCUT2D eigenvalue weighted by Gasteiger charge is -2.36. The zero-order valence-corrected chi connectivity index (χ0v) is 9.19. The number of anilines is 1. The van der Waals surface area contributed by atoms with Crippen molar-refractivity contribution in [3.8, 4) is 0 Å². The summed E-state index contributed by atoms with van der Waals surface area (Å²) >= 11 is 0. The average molecular weight is 256 g/mol. The first kappa shape index (κ1) is 12.3. The number of nitrogens with zero attached hydrogens (tertiary/aromatic N) is 1. The van der Waals surface area contributed by atoms with Crippen molar-refractivity contribution < 1.29 is 23.5 Å². The van der Waals surface area contributed by atoms with Gasteiger partial charge in [-0.2, -0.15) is 0 Å². The summed E-state index contributed by atoms with van der Waals surface area (Å²) < 4.78 is 25.9. The number of amides is 2. The molecule has 2 amide bonds. The van der Waals surface area contributed by atoms with E-state index in [1.165, 1.54) is 4.90 Å². The molecule has 18 heavy (non-hydrogen) atoms. The number of hydrogen-bond donors (Lipinski definition) is 2. The molecule has 0 spiro atoms. The van der Waals surface area contributed by atoms with E-state index in [2.05, 4.69) is 5.32 Å². The van der Waals surface area contributed by atoms with Crippen molar-refractivity contribution in [1.29, 1.82) is 0 Å². The number of nitrogens with one attached hydrogen (secondary N) is 1. The highest BCUT2D eigenvalue weighted by Crippen LogP contribution is 2.19. The molecule has 1 aliphatic heterocycles. The summed E-state index contributed by atoms with van der Waals surface area (Å²) in [5.74, 6) is -3.15. The molecule has 1 heterocycles. The largest absolute Gasteiger partial charge is 0.481 e. The number of aliphatic carboxylic acids is 1. The summed E-state index contributed by atoms with van der Waals surface area (Å²) in [5, 5.41) is 10.9. The van der Waals surface area contributed by atoms with Crippen LogP contribution in [0.5, 0.6) is 0 Å². The fourth-order valence-electron chi connectivity index (χ4n) is 1.59. The van der Waals surface area contributed by atoms with Gasteiger partial charge in [0.15, 0.2) is 0 Å². The van der Waals surface area contributed by atoms with Crippen molar-refractivity contribution in [3.63, 3.8) is 0 Å². The van der Waals surface area contributed by atoms with Crippen LogP contribution < -0.4 is 5.32 Å². The molecule has 7 heteroatoms. The van der Waals surface area contributed by atoms with Crippen LogP contribution in [0.4, 0.5) is 19.3 Å². The number of halogens is 2. The third-order valence-electron chi connectivity index (χ3n) is 2.69. The first-order chi connectivity index (χ1) is 8.47. The van der Waals surface area contributed by atoms with Gasteiger partial charge in [0, 0.05) is 19.2 Å². The predicted molar refractivity (Wildman–Crippen MR) is 58.1 cm³/mol. The number of carbonyl (C=O) groups is 2. The minimum absolute atomic E-state index is 0.0873. The highest BCUT2D eigenvalue weighted by atomic mass is 19.1. The van der Waals surface area contributed by atoms with E-state index < -0.39 is 29.6 Å². The van der Waals surface area contributed by atoms with Gasteiger partial charge >= 0.3 is 12.0 Å². The number of urea groups is 1. The molecule has 5 nitrogen and oxygen atoms in total. The van der Waals surface area contributed by atoms with Gasteiger partial charge in [-0.25, -0.2) is 13.6 Å². The number of hydrogen-bond acceptors (Lipinski definition) is 2. The summed E-state index contributed by atoms with van der Waals surface area (Å²) in [4.78, 5) is 23.3. The van der Waals surface area contributed by atoms with Gasteiger partial charge in [0.1, 0.15) is 11.6 Å². The monoisotopic (exact) mass is 256 g/mol. The summed E-state index contributed by atoms with van der Waals surface area (Å²) in [7, 11) is 0. The van der Waals surface area contributed by atoms with Gasteiger partial charge in [0.25, 0.3) is 0 Å². The maximum Gasteiger partial charge on any atom is 0.321 e. The lowest BCUT2D eigenvalue weighted by Crippen LogP contribution is -2.54. The van der Waals surface area contributed by atoms with Crippen LogP contribution in [0.15, 0.2) is 18.2 Å². The zero-order chi connectivity index (χ0) is 13.3. The van der Waals surface area contributed by atoms with E-state index >= 15 is 0 Å². The van der Waals surface area contributed by atoms with Gasteiger partial charge in [-0.1, -0.05) is 0 Å². The van der Waals surface area contributed by atoms with Crippen LogP contribution in [-0.2, 0) is 4.79 Å². The van der Waals surface area contributed by atoms with Crippen molar-refractivity contribution in [2.24, 2.45) is 5.92 Å². The number of carboxylic acid groups (broad SMARTS) is 1. The van der Waals surface area contributed by atoms with E-state index in [1.54, 1.807) is 0 Å². The lowest BCUT2D eigenvalue weighted by molar-refractivity contribution is -0.145. The number of rotatable bonds is 2. The first-order valence-corrected chi connectivity index (χ1v) is 5.21. The second-order valence-corrected chi connectivity index (χ2v) is 3.99. The highest BCUT2D eigenvalue weighted by Gasteiger charge is 2.35. The zero-order valence-electron chi connectivity index (χ0n) is 9.19. The average Bonchev–Trinajstić information content (AvgIpc) is 2.19. The lowest BCUT2D eigenvalue weighted by atomic mass is 10.0. The molecule has 2 rings (SSSR count). The Bertz CT molecular complexity index is 501. The van der Waals surface area contributed by atoms with E-state index in [0.717, 1.165) is 12.1 Å². The summed E-state index contributed by atoms with van der Waals surface area (Å²) in [5.41, 5.74) is -0.139. The molecule has 1 saturated heterocycles. The molecule has 96 valence electrons. The van der Waals surface area contributed by atoms with E-state index in [-0.39, 0.29) is 18.8 Å². The molecule has 0 aromatic heterocycles. The summed E-state index contributed by atoms with van der Waals surface area (Å²) in [6.45, 7) is 0.175. The molecule has 0 aliphatic carbocycles. The van der Waals surface area contributed by atoms with Gasteiger partial charge in [0.2, 0.25) is 0 Å². The maximum absolute atomic E-state index is 13.2. The Balaban J connectivity index is 1.94. The highest BCUT2D eigenvalue weighted by molar-refractivity contribution is 5.91. The van der Waals surface area contributed by atoms with E-state index in [0.29, 0.717) is 6.07 Å². The van der Waals surface area contributed by atoms with Crippen molar-refractivity contribution >= 4 is 17.7 Å². The van der Waals surface area contributed by atoms with Gasteiger partial charge in [-0.05, 0) is 12.1 Å². The number of carbonyl (C=O) groups excluding carboxylic acids is 1. The van der Waals surface area contributed by atoms with Crippen LogP contribution in [0.1, 0.15) is 0 Å². The van der Waals surface area contributed by atoms with Crippen LogP contribution in [0.2, 0.25) is 0 Å². The van der Waals surface area contributed by atoms with Crippen LogP contribution in [0, 0.1) is 17.6 Å². The molecule has 0 bridgehead atoms. The molecule has 0 radical (unpaired) electrons. The van der Waals surface area contributed by atoms with Crippen molar-refractivity contribution in [2.75, 3.05) is 18.4 Å². The minimum atomic E-state index is -0.966. The third kappa shape index (κ3) is 2.39. The second kappa shape index (κ2) is 4.59. The Hall–Kier alpha value is -2.18. The predicted octanol–water partition coefficient (Wildman–Crippen LogP) is 1.51. The number of likely N-dealkylation sites (tertiary alicyclic amines) is 1. The van der Waals surface area contributed by atoms with E-state index in [1.807, 2.05) is 0 Å². The maximum atomic E-state index is 13.2. The van der Waals surface area contributed by atoms with Gasteiger partial charge in [0.05, 0.1) is 11.6 Å². The molecule has 1 aromatic rings. The van der Waals surface area contributed by atoms with Crippen LogP contribution in [0.3, 0.4) is 0 Å². The molecular formula is C11H10F2N2O3. The smallest absolute Gasteiger partial charge is 0.321 e. The summed E-state index contributed by atoms with van der Waals surface area (Å²) in [6, 6.07) is 2.19. The SMILES string of the molecule is O=C(O)C1CN(C(=O)Nc2ccc(F)cc2F)C1. The number of carboxylic acids is 1. The molecule has 2 N–H and O–H groups in total. The van der Waals surface area contributed by atoms with Crippen LogP contribution in [-0.4, -0.2) is 35.1 Å². The van der Waals surface area contributed by atoms with Crippen LogP contribution >= 0.6 is 0 Å². The normalized spacial score (nSPS) is 15.1. The van der Waals surface area contributed by atoms with Gasteiger partial charge < -0.3 is 15.3 Å². The quantitative estimate of drug-likeness (QED) is 0.842. The Morgan fingerprint density at radius 1 is 1.33 bits per heavy atom. The molecule has 1 aromatic carbocycles. The van der Waals surface area contributed by atoms with Gasteiger partial charge in [-0.15, -0.1) is 0 Å². The Morgan fingerprint density at radius 2 is 2.00 bits per heavy atom.